The molecule has 0 unspecified atom stereocenters. The summed E-state index contributed by atoms with van der Waals surface area (Å²) in [4.78, 5) is 4.33. The Morgan fingerprint density at radius 1 is 1.29 bits per heavy atom. The van der Waals surface area contributed by atoms with Crippen LogP contribution in [0.5, 0.6) is 0 Å². The fourth-order valence-corrected chi connectivity index (χ4v) is 1.38. The van der Waals surface area contributed by atoms with Gasteiger partial charge in [-0.2, -0.15) is 0 Å². The highest BCUT2D eigenvalue weighted by molar-refractivity contribution is 5.11. The second-order valence-electron chi connectivity index (χ2n) is 4.80. The molecule has 1 rings (SSSR count). The van der Waals surface area contributed by atoms with Crippen molar-refractivity contribution in [3.63, 3.8) is 0 Å². The van der Waals surface area contributed by atoms with E-state index in [9.17, 15) is 0 Å². The number of nitrogens with one attached hydrogen (secondary N) is 1. The summed E-state index contributed by atoms with van der Waals surface area (Å²) >= 11 is 0. The Hall–Kier alpha value is -0.930. The average Bonchev–Trinajstić information content (AvgIpc) is 2.30. The average molecular weight is 236 g/mol. The Morgan fingerprint density at radius 3 is 2.76 bits per heavy atom. The van der Waals surface area contributed by atoms with Gasteiger partial charge in [0.2, 0.25) is 0 Å². The zero-order valence-corrected chi connectivity index (χ0v) is 11.2. The SMILES string of the molecule is Cc1ccc(CNCCOCCC(C)C)nc1. The number of rotatable bonds is 8. The lowest BCUT2D eigenvalue weighted by molar-refractivity contribution is 0.125. The summed E-state index contributed by atoms with van der Waals surface area (Å²) in [6.07, 6.45) is 3.04. The molecule has 0 amide bonds. The minimum Gasteiger partial charge on any atom is -0.380 e. The van der Waals surface area contributed by atoms with E-state index in [0.717, 1.165) is 44.3 Å². The summed E-state index contributed by atoms with van der Waals surface area (Å²) in [6, 6.07) is 4.14. The third kappa shape index (κ3) is 7.08. The van der Waals surface area contributed by atoms with Gasteiger partial charge in [-0.3, -0.25) is 4.98 Å². The van der Waals surface area contributed by atoms with Crippen LogP contribution in [0.3, 0.4) is 0 Å². The van der Waals surface area contributed by atoms with Gasteiger partial charge in [0.25, 0.3) is 0 Å². The maximum Gasteiger partial charge on any atom is 0.0591 e. The number of aromatic nitrogens is 1. The fourth-order valence-electron chi connectivity index (χ4n) is 1.38. The first kappa shape index (κ1) is 14.1. The largest absolute Gasteiger partial charge is 0.380 e. The second kappa shape index (κ2) is 8.20. The molecule has 3 heteroatoms. The first-order valence-corrected chi connectivity index (χ1v) is 6.38. The van der Waals surface area contributed by atoms with Crippen molar-refractivity contribution >= 4 is 0 Å². The topological polar surface area (TPSA) is 34.1 Å². The first-order chi connectivity index (χ1) is 8.18. The van der Waals surface area contributed by atoms with Crippen molar-refractivity contribution in [1.29, 1.82) is 0 Å². The minimum absolute atomic E-state index is 0.722. The molecule has 0 aliphatic carbocycles. The lowest BCUT2D eigenvalue weighted by Crippen LogP contribution is -2.20. The van der Waals surface area contributed by atoms with Crippen molar-refractivity contribution < 1.29 is 4.74 Å². The van der Waals surface area contributed by atoms with Crippen LogP contribution in [0.25, 0.3) is 0 Å². The molecule has 1 aromatic heterocycles. The van der Waals surface area contributed by atoms with Crippen LogP contribution >= 0.6 is 0 Å². The van der Waals surface area contributed by atoms with Gasteiger partial charge >= 0.3 is 0 Å². The second-order valence-corrected chi connectivity index (χ2v) is 4.80. The predicted octanol–water partition coefficient (Wildman–Crippen LogP) is 2.54. The van der Waals surface area contributed by atoms with E-state index in [2.05, 4.69) is 36.3 Å². The first-order valence-electron chi connectivity index (χ1n) is 6.38. The van der Waals surface area contributed by atoms with Crippen LogP contribution in [0.1, 0.15) is 31.5 Å². The quantitative estimate of drug-likeness (QED) is 0.704. The van der Waals surface area contributed by atoms with E-state index in [0.29, 0.717) is 0 Å². The molecule has 3 nitrogen and oxygen atoms in total. The molecule has 0 saturated heterocycles. The van der Waals surface area contributed by atoms with Crippen LogP contribution in [-0.4, -0.2) is 24.7 Å². The summed E-state index contributed by atoms with van der Waals surface area (Å²) in [5, 5.41) is 3.32. The number of hydrogen-bond donors (Lipinski definition) is 1. The third-order valence-electron chi connectivity index (χ3n) is 2.54. The lowest BCUT2D eigenvalue weighted by atomic mass is 10.1. The van der Waals surface area contributed by atoms with Crippen molar-refractivity contribution in [1.82, 2.24) is 10.3 Å². The third-order valence-corrected chi connectivity index (χ3v) is 2.54. The molecule has 1 heterocycles. The molecule has 96 valence electrons. The molecule has 1 N–H and O–H groups in total. The Balaban J connectivity index is 1.99. The monoisotopic (exact) mass is 236 g/mol. The van der Waals surface area contributed by atoms with Gasteiger partial charge in [0.1, 0.15) is 0 Å². The number of hydrogen-bond acceptors (Lipinski definition) is 3. The molecular formula is C14H24N2O. The van der Waals surface area contributed by atoms with Crippen molar-refractivity contribution in [3.8, 4) is 0 Å². The Kier molecular flexibility index (Phi) is 6.82. The van der Waals surface area contributed by atoms with Crippen LogP contribution in [0.4, 0.5) is 0 Å². The molecule has 0 spiro atoms. The molecule has 0 atom stereocenters. The normalized spacial score (nSPS) is 11.1. The smallest absolute Gasteiger partial charge is 0.0591 e. The van der Waals surface area contributed by atoms with Crippen LogP contribution in [0, 0.1) is 12.8 Å². The van der Waals surface area contributed by atoms with E-state index < -0.39 is 0 Å². The Morgan fingerprint density at radius 2 is 2.12 bits per heavy atom. The molecule has 0 bridgehead atoms. The molecule has 1 aromatic rings. The van der Waals surface area contributed by atoms with Crippen molar-refractivity contribution in [3.05, 3.63) is 29.6 Å². The molecule has 0 saturated carbocycles. The van der Waals surface area contributed by atoms with Crippen molar-refractivity contribution in [2.45, 2.75) is 33.7 Å². The maximum absolute atomic E-state index is 5.52. The van der Waals surface area contributed by atoms with Crippen LogP contribution < -0.4 is 5.32 Å². The van der Waals surface area contributed by atoms with Gasteiger partial charge in [0.15, 0.2) is 0 Å². The highest BCUT2D eigenvalue weighted by Crippen LogP contribution is 1.99. The highest BCUT2D eigenvalue weighted by atomic mass is 16.5. The summed E-state index contributed by atoms with van der Waals surface area (Å²) in [5.74, 6) is 0.722. The van der Waals surface area contributed by atoms with E-state index in [1.807, 2.05) is 13.1 Å². The zero-order valence-electron chi connectivity index (χ0n) is 11.2. The molecule has 17 heavy (non-hydrogen) atoms. The highest BCUT2D eigenvalue weighted by Gasteiger charge is 1.95. The molecular weight excluding hydrogens is 212 g/mol. The van der Waals surface area contributed by atoms with E-state index >= 15 is 0 Å². The van der Waals surface area contributed by atoms with Gasteiger partial charge < -0.3 is 10.1 Å². The van der Waals surface area contributed by atoms with Crippen LogP contribution in [0.2, 0.25) is 0 Å². The summed E-state index contributed by atoms with van der Waals surface area (Å²) in [6.45, 7) is 9.81. The van der Waals surface area contributed by atoms with Gasteiger partial charge in [0, 0.05) is 25.9 Å². The zero-order chi connectivity index (χ0) is 12.5. The van der Waals surface area contributed by atoms with Gasteiger partial charge in [-0.25, -0.2) is 0 Å². The van der Waals surface area contributed by atoms with Gasteiger partial charge in [-0.05, 0) is 30.9 Å². The van der Waals surface area contributed by atoms with Crippen molar-refractivity contribution in [2.75, 3.05) is 19.8 Å². The van der Waals surface area contributed by atoms with Gasteiger partial charge in [-0.15, -0.1) is 0 Å². The Bertz CT molecular complexity index is 296. The van der Waals surface area contributed by atoms with E-state index in [1.165, 1.54) is 5.56 Å². The van der Waals surface area contributed by atoms with Crippen LogP contribution in [0.15, 0.2) is 18.3 Å². The van der Waals surface area contributed by atoms with E-state index in [4.69, 9.17) is 4.74 Å². The minimum atomic E-state index is 0.722. The Labute approximate surface area is 105 Å². The fraction of sp³-hybridized carbons (Fsp3) is 0.643. The lowest BCUT2D eigenvalue weighted by Gasteiger charge is -2.07. The molecule has 0 aliphatic heterocycles. The maximum atomic E-state index is 5.52. The van der Waals surface area contributed by atoms with Crippen LogP contribution in [-0.2, 0) is 11.3 Å². The summed E-state index contributed by atoms with van der Waals surface area (Å²) < 4.78 is 5.52. The molecule has 0 fully saturated rings. The van der Waals surface area contributed by atoms with E-state index in [-0.39, 0.29) is 0 Å². The number of nitrogens with zero attached hydrogens (tertiary/aromatic N) is 1. The van der Waals surface area contributed by atoms with Crippen molar-refractivity contribution in [2.24, 2.45) is 5.92 Å². The summed E-state index contributed by atoms with van der Waals surface area (Å²) in [7, 11) is 0. The predicted molar refractivity (Wildman–Crippen MR) is 71.0 cm³/mol. The number of ether oxygens (including phenoxy) is 1. The summed E-state index contributed by atoms with van der Waals surface area (Å²) in [5.41, 5.74) is 2.28. The van der Waals surface area contributed by atoms with Gasteiger partial charge in [0.05, 0.1) is 12.3 Å². The standard InChI is InChI=1S/C14H24N2O/c1-12(2)6-8-17-9-7-15-11-14-5-4-13(3)10-16-14/h4-5,10,12,15H,6-9,11H2,1-3H3. The number of pyridine rings is 1. The van der Waals surface area contributed by atoms with E-state index in [1.54, 1.807) is 0 Å². The molecule has 0 aromatic carbocycles. The number of aryl methyl sites for hydroxylation is 1. The van der Waals surface area contributed by atoms with Gasteiger partial charge in [-0.1, -0.05) is 19.9 Å². The molecule has 0 radical (unpaired) electrons. The molecule has 0 aliphatic rings.